The average Bonchev–Trinajstić information content (AvgIpc) is 3.14. The van der Waals surface area contributed by atoms with Crippen molar-refractivity contribution in [1.29, 1.82) is 0 Å². The van der Waals surface area contributed by atoms with E-state index in [0.29, 0.717) is 23.4 Å². The fraction of sp³-hybridized carbons (Fsp3) is 0.458. The van der Waals surface area contributed by atoms with Crippen molar-refractivity contribution in [3.05, 3.63) is 57.3 Å². The van der Waals surface area contributed by atoms with Gasteiger partial charge in [-0.25, -0.2) is 9.79 Å². The molecule has 1 amide bonds. The van der Waals surface area contributed by atoms with E-state index in [-0.39, 0.29) is 30.0 Å². The van der Waals surface area contributed by atoms with Crippen LogP contribution in [0.25, 0.3) is 0 Å². The van der Waals surface area contributed by atoms with Gasteiger partial charge in [-0.3, -0.25) is 4.79 Å². The highest BCUT2D eigenvalue weighted by molar-refractivity contribution is 8.16. The van der Waals surface area contributed by atoms with E-state index >= 15 is 0 Å². The fourth-order valence-electron chi connectivity index (χ4n) is 3.78. The van der Waals surface area contributed by atoms with Crippen LogP contribution >= 0.6 is 11.8 Å². The minimum Gasteiger partial charge on any atom is -0.463 e. The highest BCUT2D eigenvalue weighted by atomic mass is 32.2. The summed E-state index contributed by atoms with van der Waals surface area (Å²) >= 11 is 1.00. The standard InChI is InChI=1S/C24H28F3N3O3S/c1-6-33-22(32)19-20(17-9-14(4)7-8-15(17)5)30-16(10-18(31)28-11-13(2)3)12-34-23(30)29-21(19)24(25,26)27/h7-9,12-13,20H,6,10-11H2,1-5H3,(H,28,31). The van der Waals surface area contributed by atoms with Gasteiger partial charge in [-0.2, -0.15) is 13.2 Å². The summed E-state index contributed by atoms with van der Waals surface area (Å²) in [5.41, 5.74) is 0.679. The first-order valence-electron chi connectivity index (χ1n) is 11.0. The number of amides is 1. The maximum absolute atomic E-state index is 14.1. The van der Waals surface area contributed by atoms with Gasteiger partial charge < -0.3 is 15.0 Å². The predicted molar refractivity (Wildman–Crippen MR) is 126 cm³/mol. The maximum Gasteiger partial charge on any atom is 0.434 e. The smallest absolute Gasteiger partial charge is 0.434 e. The van der Waals surface area contributed by atoms with Gasteiger partial charge in [-0.05, 0) is 43.2 Å². The van der Waals surface area contributed by atoms with Crippen LogP contribution in [0.2, 0.25) is 0 Å². The first-order valence-corrected chi connectivity index (χ1v) is 11.9. The number of carbonyl (C=O) groups excluding carboxylic acids is 2. The summed E-state index contributed by atoms with van der Waals surface area (Å²) in [6.07, 6.45) is -4.92. The van der Waals surface area contributed by atoms with Crippen LogP contribution in [0.4, 0.5) is 13.2 Å². The molecule has 2 aliphatic heterocycles. The molecule has 6 nitrogen and oxygen atoms in total. The molecule has 34 heavy (non-hydrogen) atoms. The number of nitrogens with zero attached hydrogens (tertiary/aromatic N) is 2. The lowest BCUT2D eigenvalue weighted by Crippen LogP contribution is -2.40. The van der Waals surface area contributed by atoms with Crippen molar-refractivity contribution in [1.82, 2.24) is 10.2 Å². The summed E-state index contributed by atoms with van der Waals surface area (Å²) in [6, 6.07) is 4.27. The summed E-state index contributed by atoms with van der Waals surface area (Å²) < 4.78 is 47.4. The van der Waals surface area contributed by atoms with Gasteiger partial charge >= 0.3 is 12.1 Å². The number of esters is 1. The van der Waals surface area contributed by atoms with Gasteiger partial charge in [0.25, 0.3) is 0 Å². The molecular weight excluding hydrogens is 467 g/mol. The molecule has 0 saturated carbocycles. The molecule has 0 saturated heterocycles. The molecule has 0 radical (unpaired) electrons. The number of hydrogen-bond acceptors (Lipinski definition) is 6. The first kappa shape index (κ1) is 25.9. The number of aliphatic imine (C=N–C) groups is 1. The van der Waals surface area contributed by atoms with Crippen LogP contribution in [0.1, 0.15) is 49.9 Å². The first-order chi connectivity index (χ1) is 15.9. The molecule has 1 atom stereocenters. The van der Waals surface area contributed by atoms with Crippen LogP contribution in [-0.4, -0.2) is 41.3 Å². The number of thioether (sulfide) groups is 1. The van der Waals surface area contributed by atoms with Crippen LogP contribution in [0, 0.1) is 19.8 Å². The van der Waals surface area contributed by atoms with E-state index in [1.54, 1.807) is 29.4 Å². The quantitative estimate of drug-likeness (QED) is 0.530. The lowest BCUT2D eigenvalue weighted by Gasteiger charge is -2.37. The molecule has 1 N–H and O–H groups in total. The van der Waals surface area contributed by atoms with Gasteiger partial charge in [0.05, 0.1) is 24.6 Å². The molecule has 2 aliphatic rings. The Morgan fingerprint density at radius 1 is 1.26 bits per heavy atom. The number of carbonyl (C=O) groups is 2. The van der Waals surface area contributed by atoms with Crippen molar-refractivity contribution in [2.45, 2.75) is 53.3 Å². The molecular formula is C24H28F3N3O3S. The maximum atomic E-state index is 14.1. The molecule has 0 spiro atoms. The largest absolute Gasteiger partial charge is 0.463 e. The lowest BCUT2D eigenvalue weighted by atomic mass is 9.89. The van der Waals surface area contributed by atoms with Crippen molar-refractivity contribution in [3.8, 4) is 0 Å². The number of amidine groups is 1. The highest BCUT2D eigenvalue weighted by Crippen LogP contribution is 2.48. The SMILES string of the molecule is CCOC(=O)C1=C(C(F)(F)F)N=C2SC=C(CC(=O)NCC(C)C)N2C1c1cc(C)ccc1C. The second kappa shape index (κ2) is 10.2. The van der Waals surface area contributed by atoms with Crippen molar-refractivity contribution in [3.63, 3.8) is 0 Å². The molecule has 0 fully saturated rings. The monoisotopic (exact) mass is 495 g/mol. The molecule has 2 heterocycles. The molecule has 1 unspecified atom stereocenters. The van der Waals surface area contributed by atoms with Crippen molar-refractivity contribution >= 4 is 28.8 Å². The van der Waals surface area contributed by atoms with Crippen LogP contribution in [0.3, 0.4) is 0 Å². The number of halogens is 3. The number of aryl methyl sites for hydroxylation is 2. The number of allylic oxidation sites excluding steroid dienone is 1. The normalized spacial score (nSPS) is 18.0. The Kier molecular flexibility index (Phi) is 7.80. The van der Waals surface area contributed by atoms with E-state index in [1.807, 2.05) is 26.8 Å². The molecule has 10 heteroatoms. The van der Waals surface area contributed by atoms with Crippen LogP contribution in [0.15, 0.2) is 45.6 Å². The second-order valence-corrected chi connectivity index (χ2v) is 9.45. The van der Waals surface area contributed by atoms with E-state index in [0.717, 1.165) is 17.3 Å². The fourth-order valence-corrected chi connectivity index (χ4v) is 4.70. The van der Waals surface area contributed by atoms with Crippen LogP contribution < -0.4 is 5.32 Å². The number of nitrogens with one attached hydrogen (secondary N) is 1. The van der Waals surface area contributed by atoms with Crippen LogP contribution in [-0.2, 0) is 14.3 Å². The summed E-state index contributed by atoms with van der Waals surface area (Å²) in [5.74, 6) is -1.09. The van der Waals surface area contributed by atoms with Crippen LogP contribution in [0.5, 0.6) is 0 Å². The zero-order valence-corrected chi connectivity index (χ0v) is 20.6. The number of fused-ring (bicyclic) bond motifs is 1. The Bertz CT molecular complexity index is 1080. The topological polar surface area (TPSA) is 71.0 Å². The third-order valence-electron chi connectivity index (χ3n) is 5.35. The number of ether oxygens (including phenoxy) is 1. The summed E-state index contributed by atoms with van der Waals surface area (Å²) in [5, 5.41) is 4.51. The van der Waals surface area contributed by atoms with Crippen molar-refractivity contribution in [2.24, 2.45) is 10.9 Å². The van der Waals surface area contributed by atoms with E-state index in [4.69, 9.17) is 4.74 Å². The van der Waals surface area contributed by atoms with Gasteiger partial charge in [0, 0.05) is 12.2 Å². The van der Waals surface area contributed by atoms with Crippen molar-refractivity contribution in [2.75, 3.05) is 13.2 Å². The number of rotatable bonds is 7. The predicted octanol–water partition coefficient (Wildman–Crippen LogP) is 5.15. The average molecular weight is 496 g/mol. The number of alkyl halides is 3. The second-order valence-electron chi connectivity index (χ2n) is 8.61. The van der Waals surface area contributed by atoms with E-state index in [2.05, 4.69) is 10.3 Å². The molecule has 1 aromatic rings. The van der Waals surface area contributed by atoms with E-state index in [1.165, 1.54) is 6.92 Å². The van der Waals surface area contributed by atoms with E-state index < -0.39 is 29.5 Å². The zero-order chi connectivity index (χ0) is 25.2. The molecule has 3 rings (SSSR count). The third kappa shape index (κ3) is 5.48. The van der Waals surface area contributed by atoms with Crippen molar-refractivity contribution < 1.29 is 27.5 Å². The van der Waals surface area contributed by atoms with Gasteiger partial charge in [-0.15, -0.1) is 0 Å². The molecule has 0 aliphatic carbocycles. The Hall–Kier alpha value is -2.75. The molecule has 0 aromatic heterocycles. The van der Waals surface area contributed by atoms with Gasteiger partial charge in [0.1, 0.15) is 0 Å². The minimum absolute atomic E-state index is 0.0580. The number of hydrogen-bond donors (Lipinski definition) is 1. The summed E-state index contributed by atoms with van der Waals surface area (Å²) in [7, 11) is 0. The Labute approximate surface area is 201 Å². The Balaban J connectivity index is 2.16. The summed E-state index contributed by atoms with van der Waals surface area (Å²) in [6.45, 7) is 9.46. The molecule has 184 valence electrons. The van der Waals surface area contributed by atoms with E-state index in [9.17, 15) is 22.8 Å². The van der Waals surface area contributed by atoms with Gasteiger partial charge in [-0.1, -0.05) is 49.4 Å². The third-order valence-corrected chi connectivity index (χ3v) is 6.24. The van der Waals surface area contributed by atoms with Gasteiger partial charge in [0.2, 0.25) is 5.91 Å². The Morgan fingerprint density at radius 2 is 1.97 bits per heavy atom. The minimum atomic E-state index is -4.87. The zero-order valence-electron chi connectivity index (χ0n) is 19.7. The molecule has 0 bridgehead atoms. The summed E-state index contributed by atoms with van der Waals surface area (Å²) in [4.78, 5) is 30.9. The lowest BCUT2D eigenvalue weighted by molar-refractivity contribution is -0.140. The number of benzene rings is 1. The van der Waals surface area contributed by atoms with Gasteiger partial charge in [0.15, 0.2) is 10.9 Å². The Morgan fingerprint density at radius 3 is 2.59 bits per heavy atom. The highest BCUT2D eigenvalue weighted by Gasteiger charge is 2.49. The molecule has 1 aromatic carbocycles.